The van der Waals surface area contributed by atoms with E-state index in [1.54, 1.807) is 13.2 Å². The Labute approximate surface area is 122 Å². The Morgan fingerprint density at radius 2 is 2.10 bits per heavy atom. The first-order valence-electron chi connectivity index (χ1n) is 6.27. The summed E-state index contributed by atoms with van der Waals surface area (Å²) in [6.45, 7) is 3.31. The molecule has 1 rings (SSSR count). The molecule has 0 bridgehead atoms. The minimum absolute atomic E-state index is 0.193. The van der Waals surface area contributed by atoms with Crippen LogP contribution >= 0.6 is 11.8 Å². The lowest BCUT2D eigenvalue weighted by Crippen LogP contribution is -2.41. The van der Waals surface area contributed by atoms with Crippen LogP contribution in [0.1, 0.15) is 30.6 Å². The summed E-state index contributed by atoms with van der Waals surface area (Å²) >= 11 is 1.20. The second-order valence-corrected chi connectivity index (χ2v) is 5.28. The molecule has 1 aromatic rings. The van der Waals surface area contributed by atoms with Crippen LogP contribution in [0.15, 0.2) is 23.1 Å². The van der Waals surface area contributed by atoms with Crippen molar-refractivity contribution in [1.82, 2.24) is 4.90 Å². The van der Waals surface area contributed by atoms with Crippen molar-refractivity contribution in [1.29, 1.82) is 0 Å². The van der Waals surface area contributed by atoms with E-state index >= 15 is 0 Å². The van der Waals surface area contributed by atoms with Crippen molar-refractivity contribution in [2.45, 2.75) is 31.2 Å². The average Bonchev–Trinajstić information content (AvgIpc) is 2.43. The number of carbonyl (C=O) groups is 2. The number of thioether (sulfide) groups is 1. The van der Waals surface area contributed by atoms with Crippen LogP contribution in [0.4, 0.5) is 4.39 Å². The van der Waals surface area contributed by atoms with Gasteiger partial charge in [-0.15, -0.1) is 11.8 Å². The van der Waals surface area contributed by atoms with E-state index in [0.29, 0.717) is 16.9 Å². The number of aliphatic carboxylic acids is 1. The standard InChI is InChI=1S/C14H18FNO3S/c1-4-9(2)16(8-13(17)18)14(19)10-5-6-11(15)12(7-10)20-3/h5-7,9H,4,8H2,1-3H3,(H,17,18). The van der Waals surface area contributed by atoms with Crippen LogP contribution in [-0.2, 0) is 4.79 Å². The monoisotopic (exact) mass is 299 g/mol. The lowest BCUT2D eigenvalue weighted by molar-refractivity contribution is -0.138. The maximum Gasteiger partial charge on any atom is 0.323 e. The third-order valence-electron chi connectivity index (χ3n) is 3.09. The van der Waals surface area contributed by atoms with Crippen LogP contribution in [0.2, 0.25) is 0 Å². The first kappa shape index (κ1) is 16.5. The second-order valence-electron chi connectivity index (χ2n) is 4.43. The number of hydrogen-bond donors (Lipinski definition) is 1. The summed E-state index contributed by atoms with van der Waals surface area (Å²) in [7, 11) is 0. The largest absolute Gasteiger partial charge is 0.480 e. The molecule has 6 heteroatoms. The van der Waals surface area contributed by atoms with Crippen LogP contribution in [-0.4, -0.2) is 40.7 Å². The predicted molar refractivity (Wildman–Crippen MR) is 76.6 cm³/mol. The van der Waals surface area contributed by atoms with Crippen LogP contribution in [0.25, 0.3) is 0 Å². The highest BCUT2D eigenvalue weighted by Crippen LogP contribution is 2.22. The molecule has 1 aromatic carbocycles. The number of carbonyl (C=O) groups excluding carboxylic acids is 1. The molecule has 0 aromatic heterocycles. The number of carboxylic acids is 1. The highest BCUT2D eigenvalue weighted by atomic mass is 32.2. The van der Waals surface area contributed by atoms with Crippen molar-refractivity contribution in [2.24, 2.45) is 0 Å². The van der Waals surface area contributed by atoms with E-state index in [9.17, 15) is 14.0 Å². The number of hydrogen-bond acceptors (Lipinski definition) is 3. The highest BCUT2D eigenvalue weighted by Gasteiger charge is 2.23. The van der Waals surface area contributed by atoms with Crippen molar-refractivity contribution in [3.05, 3.63) is 29.6 Å². The minimum Gasteiger partial charge on any atom is -0.480 e. The van der Waals surface area contributed by atoms with Gasteiger partial charge >= 0.3 is 5.97 Å². The molecule has 0 spiro atoms. The highest BCUT2D eigenvalue weighted by molar-refractivity contribution is 7.98. The molecule has 1 atom stereocenters. The summed E-state index contributed by atoms with van der Waals surface area (Å²) in [5, 5.41) is 8.91. The molecule has 4 nitrogen and oxygen atoms in total. The molecule has 1 amide bonds. The first-order chi connectivity index (χ1) is 9.40. The van der Waals surface area contributed by atoms with Gasteiger partial charge in [0, 0.05) is 16.5 Å². The fourth-order valence-electron chi connectivity index (χ4n) is 1.75. The molecule has 0 heterocycles. The van der Waals surface area contributed by atoms with E-state index in [4.69, 9.17) is 5.11 Å². The van der Waals surface area contributed by atoms with Crippen molar-refractivity contribution < 1.29 is 19.1 Å². The van der Waals surface area contributed by atoms with Gasteiger partial charge in [-0.05, 0) is 37.8 Å². The number of rotatable bonds is 6. The minimum atomic E-state index is -1.06. The molecule has 20 heavy (non-hydrogen) atoms. The van der Waals surface area contributed by atoms with Crippen molar-refractivity contribution in [3.8, 4) is 0 Å². The predicted octanol–water partition coefficient (Wildman–Crippen LogP) is 2.87. The number of halogens is 1. The van der Waals surface area contributed by atoms with E-state index < -0.39 is 11.9 Å². The molecule has 110 valence electrons. The van der Waals surface area contributed by atoms with Crippen molar-refractivity contribution >= 4 is 23.6 Å². The molecule has 0 saturated heterocycles. The molecule has 1 unspecified atom stereocenters. The number of benzene rings is 1. The molecule has 0 aliphatic heterocycles. The Balaban J connectivity index is 3.08. The van der Waals surface area contributed by atoms with E-state index in [1.807, 2.05) is 6.92 Å². The van der Waals surface area contributed by atoms with Crippen molar-refractivity contribution in [3.63, 3.8) is 0 Å². The Bertz CT molecular complexity index is 507. The van der Waals surface area contributed by atoms with Gasteiger partial charge in [0.15, 0.2) is 0 Å². The summed E-state index contributed by atoms with van der Waals surface area (Å²) < 4.78 is 13.4. The average molecular weight is 299 g/mol. The van der Waals surface area contributed by atoms with Gasteiger partial charge in [-0.1, -0.05) is 6.92 Å². The van der Waals surface area contributed by atoms with Gasteiger partial charge in [-0.25, -0.2) is 4.39 Å². The third-order valence-corrected chi connectivity index (χ3v) is 3.84. The molecular weight excluding hydrogens is 281 g/mol. The van der Waals surface area contributed by atoms with E-state index in [1.165, 1.54) is 34.9 Å². The van der Waals surface area contributed by atoms with Crippen molar-refractivity contribution in [2.75, 3.05) is 12.8 Å². The van der Waals surface area contributed by atoms with Gasteiger partial charge in [-0.2, -0.15) is 0 Å². The summed E-state index contributed by atoms with van der Waals surface area (Å²) in [5.41, 5.74) is 0.303. The molecule has 0 aliphatic rings. The summed E-state index contributed by atoms with van der Waals surface area (Å²) in [4.78, 5) is 24.9. The van der Waals surface area contributed by atoms with Gasteiger partial charge in [0.25, 0.3) is 5.91 Å². The number of carboxylic acid groups (broad SMARTS) is 1. The first-order valence-corrected chi connectivity index (χ1v) is 7.49. The number of nitrogens with zero attached hydrogens (tertiary/aromatic N) is 1. The summed E-state index contributed by atoms with van der Waals surface area (Å²) in [5.74, 6) is -1.84. The van der Waals surface area contributed by atoms with Crippen LogP contribution in [0.3, 0.4) is 0 Å². The summed E-state index contributed by atoms with van der Waals surface area (Å²) in [6, 6.07) is 3.88. The zero-order valence-corrected chi connectivity index (χ0v) is 12.5. The zero-order chi connectivity index (χ0) is 15.3. The quantitative estimate of drug-likeness (QED) is 0.821. The SMILES string of the molecule is CCC(C)N(CC(=O)O)C(=O)c1ccc(F)c(SC)c1. The second kappa shape index (κ2) is 7.28. The van der Waals surface area contributed by atoms with E-state index in [-0.39, 0.29) is 18.4 Å². The van der Waals surface area contributed by atoms with Gasteiger partial charge in [-0.3, -0.25) is 9.59 Å². The molecule has 0 aliphatic carbocycles. The van der Waals surface area contributed by atoms with Gasteiger partial charge in [0.1, 0.15) is 12.4 Å². The topological polar surface area (TPSA) is 57.6 Å². The number of amides is 1. The Hall–Kier alpha value is -1.56. The van der Waals surface area contributed by atoms with Crippen LogP contribution in [0, 0.1) is 5.82 Å². The lowest BCUT2D eigenvalue weighted by Gasteiger charge is -2.27. The fraction of sp³-hybridized carbons (Fsp3) is 0.429. The maximum absolute atomic E-state index is 13.4. The maximum atomic E-state index is 13.4. The lowest BCUT2D eigenvalue weighted by atomic mass is 10.1. The summed E-state index contributed by atoms with van der Waals surface area (Å²) in [6.07, 6.45) is 2.37. The molecular formula is C14H18FNO3S. The van der Waals surface area contributed by atoms with Gasteiger partial charge in [0.05, 0.1) is 0 Å². The third kappa shape index (κ3) is 3.96. The van der Waals surface area contributed by atoms with Crippen LogP contribution < -0.4 is 0 Å². The normalized spacial score (nSPS) is 12.0. The Morgan fingerprint density at radius 1 is 1.45 bits per heavy atom. The Morgan fingerprint density at radius 3 is 2.60 bits per heavy atom. The van der Waals surface area contributed by atoms with Crippen LogP contribution in [0.5, 0.6) is 0 Å². The van der Waals surface area contributed by atoms with E-state index in [0.717, 1.165) is 0 Å². The zero-order valence-electron chi connectivity index (χ0n) is 11.7. The van der Waals surface area contributed by atoms with Gasteiger partial charge in [0.2, 0.25) is 0 Å². The smallest absolute Gasteiger partial charge is 0.323 e. The fourth-order valence-corrected chi connectivity index (χ4v) is 2.26. The van der Waals surface area contributed by atoms with E-state index in [2.05, 4.69) is 0 Å². The molecule has 0 fully saturated rings. The Kier molecular flexibility index (Phi) is 6.01. The van der Waals surface area contributed by atoms with Gasteiger partial charge < -0.3 is 10.0 Å². The molecule has 0 saturated carbocycles. The molecule has 0 radical (unpaired) electrons. The molecule has 1 N–H and O–H groups in total.